The summed E-state index contributed by atoms with van der Waals surface area (Å²) >= 11 is 1.87. The van der Waals surface area contributed by atoms with Crippen LogP contribution in [0.1, 0.15) is 25.0 Å². The van der Waals surface area contributed by atoms with Crippen molar-refractivity contribution in [1.29, 1.82) is 0 Å². The van der Waals surface area contributed by atoms with Gasteiger partial charge in [-0.05, 0) is 24.1 Å². The van der Waals surface area contributed by atoms with Gasteiger partial charge in [0.15, 0.2) is 0 Å². The molecule has 0 radical (unpaired) electrons. The minimum Gasteiger partial charge on any atom is -0.322 e. The smallest absolute Gasteiger partial charge is 0.320 e. The molecule has 2 aliphatic heterocycles. The van der Waals surface area contributed by atoms with Crippen LogP contribution in [0.5, 0.6) is 0 Å². The van der Waals surface area contributed by atoms with Crippen LogP contribution in [0.4, 0.5) is 4.79 Å². The molecule has 5 heteroatoms. The average Bonchev–Trinajstić information content (AvgIpc) is 2.80. The highest BCUT2D eigenvalue weighted by atomic mass is 32.2. The van der Waals surface area contributed by atoms with Crippen molar-refractivity contribution in [2.45, 2.75) is 32.2 Å². The molecule has 4 nitrogen and oxygen atoms in total. The summed E-state index contributed by atoms with van der Waals surface area (Å²) in [6.07, 6.45) is 0. The van der Waals surface area contributed by atoms with Crippen LogP contribution in [0.2, 0.25) is 0 Å². The first-order chi connectivity index (χ1) is 10.8. The molecule has 0 atom stereocenters. The molecule has 2 aliphatic rings. The Labute approximate surface area is 138 Å². The molecule has 3 rings (SSSR count). The fourth-order valence-corrected chi connectivity index (χ4v) is 3.87. The Morgan fingerprint density at radius 1 is 1.14 bits per heavy atom. The summed E-state index contributed by atoms with van der Waals surface area (Å²) in [6.45, 7) is 11.2. The number of rotatable bonds is 0. The van der Waals surface area contributed by atoms with Gasteiger partial charge in [-0.25, -0.2) is 4.79 Å². The number of nitrogens with zero attached hydrogens (tertiary/aromatic N) is 2. The van der Waals surface area contributed by atoms with E-state index in [1.54, 1.807) is 0 Å². The molecule has 1 N–H and O–H groups in total. The molecular formula is C17H27N3OS. The van der Waals surface area contributed by atoms with Gasteiger partial charge in [0.05, 0.1) is 0 Å². The fraction of sp³-hybridized carbons (Fsp3) is 0.588. The number of thioether (sulfide) groups is 1. The third-order valence-corrected chi connectivity index (χ3v) is 5.07. The third-order valence-electron chi connectivity index (χ3n) is 3.99. The van der Waals surface area contributed by atoms with Crippen molar-refractivity contribution in [1.82, 2.24) is 15.1 Å². The summed E-state index contributed by atoms with van der Waals surface area (Å²) in [5, 5.41) is 3.29. The summed E-state index contributed by atoms with van der Waals surface area (Å²) < 4.78 is 0. The number of aryl methyl sites for hydroxylation is 1. The van der Waals surface area contributed by atoms with Crippen LogP contribution < -0.4 is 5.32 Å². The number of nitrogens with one attached hydrogen (secondary N) is 1. The van der Waals surface area contributed by atoms with E-state index in [0.717, 1.165) is 45.0 Å². The predicted octanol–water partition coefficient (Wildman–Crippen LogP) is 2.95. The first kappa shape index (κ1) is 17.2. The number of hydrogen-bond donors (Lipinski definition) is 1. The number of amides is 2. The van der Waals surface area contributed by atoms with E-state index in [1.165, 1.54) is 16.0 Å². The lowest BCUT2D eigenvalue weighted by molar-refractivity contribution is 0.147. The van der Waals surface area contributed by atoms with E-state index in [2.05, 4.69) is 30.4 Å². The summed E-state index contributed by atoms with van der Waals surface area (Å²) in [7, 11) is 0. The van der Waals surface area contributed by atoms with E-state index in [0.29, 0.717) is 0 Å². The number of carbonyl (C=O) groups excluding carboxylic acids is 1. The second-order valence-electron chi connectivity index (χ2n) is 5.34. The van der Waals surface area contributed by atoms with Gasteiger partial charge in [-0.3, -0.25) is 0 Å². The van der Waals surface area contributed by atoms with E-state index in [1.807, 2.05) is 35.4 Å². The van der Waals surface area contributed by atoms with E-state index >= 15 is 0 Å². The fourth-order valence-electron chi connectivity index (χ4n) is 2.77. The highest BCUT2D eigenvalue weighted by molar-refractivity contribution is 7.99. The number of urea groups is 1. The van der Waals surface area contributed by atoms with Gasteiger partial charge < -0.3 is 15.1 Å². The van der Waals surface area contributed by atoms with Crippen LogP contribution >= 0.6 is 11.8 Å². The zero-order valence-electron chi connectivity index (χ0n) is 13.9. The predicted molar refractivity (Wildman–Crippen MR) is 93.5 cm³/mol. The van der Waals surface area contributed by atoms with Crippen molar-refractivity contribution in [3.8, 4) is 0 Å². The molecule has 22 heavy (non-hydrogen) atoms. The molecule has 1 aromatic carbocycles. The zero-order chi connectivity index (χ0) is 15.9. The molecule has 1 aromatic rings. The first-order valence-electron chi connectivity index (χ1n) is 8.21. The highest BCUT2D eigenvalue weighted by Crippen LogP contribution is 2.29. The quantitative estimate of drug-likeness (QED) is 0.798. The molecule has 1 fully saturated rings. The second kappa shape index (κ2) is 8.44. The van der Waals surface area contributed by atoms with Crippen LogP contribution in [0.15, 0.2) is 23.1 Å². The molecular weight excluding hydrogens is 294 g/mol. The van der Waals surface area contributed by atoms with Gasteiger partial charge in [0, 0.05) is 49.9 Å². The number of hydrogen-bond acceptors (Lipinski definition) is 3. The largest absolute Gasteiger partial charge is 0.322 e. The summed E-state index contributed by atoms with van der Waals surface area (Å²) in [5.41, 5.74) is 2.61. The Balaban J connectivity index is 0.000000847. The lowest BCUT2D eigenvalue weighted by Crippen LogP contribution is -2.51. The maximum atomic E-state index is 12.6. The molecule has 0 saturated carbocycles. The summed E-state index contributed by atoms with van der Waals surface area (Å²) in [5.74, 6) is 0.980. The van der Waals surface area contributed by atoms with Crippen molar-refractivity contribution in [2.24, 2.45) is 0 Å². The monoisotopic (exact) mass is 321 g/mol. The Morgan fingerprint density at radius 3 is 2.59 bits per heavy atom. The van der Waals surface area contributed by atoms with Gasteiger partial charge in [-0.2, -0.15) is 0 Å². The van der Waals surface area contributed by atoms with Crippen molar-refractivity contribution < 1.29 is 4.79 Å². The standard InChI is InChI=1S/C15H21N3OS.C2H6/c1-12-3-2-4-14-13(12)11-18(9-10-20-14)15(19)17-7-5-16-6-8-17;1-2/h2-4,16H,5-11H2,1H3;1-2H3. The molecule has 2 amide bonds. The topological polar surface area (TPSA) is 35.6 Å². The van der Waals surface area contributed by atoms with Crippen molar-refractivity contribution in [2.75, 3.05) is 38.5 Å². The maximum absolute atomic E-state index is 12.6. The van der Waals surface area contributed by atoms with Crippen LogP contribution in [0.3, 0.4) is 0 Å². The molecule has 2 heterocycles. The van der Waals surface area contributed by atoms with Gasteiger partial charge in [0.2, 0.25) is 0 Å². The van der Waals surface area contributed by atoms with Crippen LogP contribution in [-0.2, 0) is 6.54 Å². The Bertz CT molecular complexity index is 501. The molecule has 0 spiro atoms. The van der Waals surface area contributed by atoms with E-state index < -0.39 is 0 Å². The lowest BCUT2D eigenvalue weighted by atomic mass is 10.1. The molecule has 1 saturated heterocycles. The van der Waals surface area contributed by atoms with Gasteiger partial charge in [-0.1, -0.05) is 26.0 Å². The molecule has 0 unspecified atom stereocenters. The normalized spacial score (nSPS) is 18.0. The number of fused-ring (bicyclic) bond motifs is 1. The Kier molecular flexibility index (Phi) is 6.58. The lowest BCUT2D eigenvalue weighted by Gasteiger charge is -2.33. The maximum Gasteiger partial charge on any atom is 0.320 e. The van der Waals surface area contributed by atoms with Gasteiger partial charge >= 0.3 is 6.03 Å². The molecule has 122 valence electrons. The minimum absolute atomic E-state index is 0.197. The molecule has 0 aliphatic carbocycles. The SMILES string of the molecule is CC.Cc1cccc2c1CN(C(=O)N1CCNCC1)CCS2. The average molecular weight is 321 g/mol. The van der Waals surface area contributed by atoms with Crippen LogP contribution in [0, 0.1) is 6.92 Å². The molecule has 0 bridgehead atoms. The van der Waals surface area contributed by atoms with E-state index in [-0.39, 0.29) is 6.03 Å². The van der Waals surface area contributed by atoms with Crippen LogP contribution in [0.25, 0.3) is 0 Å². The molecule has 0 aromatic heterocycles. The van der Waals surface area contributed by atoms with Crippen molar-refractivity contribution in [3.05, 3.63) is 29.3 Å². The van der Waals surface area contributed by atoms with Crippen molar-refractivity contribution >= 4 is 17.8 Å². The van der Waals surface area contributed by atoms with Crippen LogP contribution in [-0.4, -0.2) is 54.3 Å². The second-order valence-corrected chi connectivity index (χ2v) is 6.48. The number of benzene rings is 1. The van der Waals surface area contributed by atoms with E-state index in [4.69, 9.17) is 0 Å². The summed E-state index contributed by atoms with van der Waals surface area (Å²) in [4.78, 5) is 18.0. The number of piperazine rings is 1. The van der Waals surface area contributed by atoms with Crippen molar-refractivity contribution in [3.63, 3.8) is 0 Å². The third kappa shape index (κ3) is 3.96. The van der Waals surface area contributed by atoms with Gasteiger partial charge in [0.25, 0.3) is 0 Å². The summed E-state index contributed by atoms with van der Waals surface area (Å²) in [6, 6.07) is 6.61. The highest BCUT2D eigenvalue weighted by Gasteiger charge is 2.25. The minimum atomic E-state index is 0.197. The number of carbonyl (C=O) groups is 1. The van der Waals surface area contributed by atoms with Gasteiger partial charge in [0.1, 0.15) is 0 Å². The van der Waals surface area contributed by atoms with Gasteiger partial charge in [-0.15, -0.1) is 11.8 Å². The Hall–Kier alpha value is -1.20. The zero-order valence-corrected chi connectivity index (χ0v) is 14.7. The van der Waals surface area contributed by atoms with E-state index in [9.17, 15) is 4.79 Å². The first-order valence-corrected chi connectivity index (χ1v) is 9.20. The Morgan fingerprint density at radius 2 is 1.86 bits per heavy atom.